The molecule has 3 heteroatoms. The molecule has 0 amide bonds. The summed E-state index contributed by atoms with van der Waals surface area (Å²) in [6, 6.07) is 10.3. The molecule has 2 aromatic rings. The maximum absolute atomic E-state index is 5.16. The first-order valence-electron chi connectivity index (χ1n) is 6.02. The zero-order valence-electron chi connectivity index (χ0n) is 11.0. The molecule has 0 saturated heterocycles. The topological polar surface area (TPSA) is 34.1 Å². The minimum Gasteiger partial charge on any atom is -0.497 e. The molecule has 0 aliphatic rings. The van der Waals surface area contributed by atoms with E-state index in [0.29, 0.717) is 0 Å². The van der Waals surface area contributed by atoms with E-state index in [1.54, 1.807) is 13.3 Å². The molecule has 1 N–H and O–H groups in total. The highest BCUT2D eigenvalue weighted by molar-refractivity contribution is 5.49. The van der Waals surface area contributed by atoms with Crippen molar-refractivity contribution in [1.82, 2.24) is 4.98 Å². The predicted molar refractivity (Wildman–Crippen MR) is 74.0 cm³/mol. The number of nitrogens with zero attached hydrogens (tertiary/aromatic N) is 1. The van der Waals surface area contributed by atoms with Gasteiger partial charge in [-0.25, -0.2) is 0 Å². The van der Waals surface area contributed by atoms with Crippen LogP contribution in [0.25, 0.3) is 0 Å². The Bertz CT molecular complexity index is 508. The molecule has 18 heavy (non-hydrogen) atoms. The molecule has 3 nitrogen and oxygen atoms in total. The van der Waals surface area contributed by atoms with Gasteiger partial charge in [0.25, 0.3) is 0 Å². The van der Waals surface area contributed by atoms with Crippen LogP contribution in [0.5, 0.6) is 5.75 Å². The molecule has 1 heterocycles. The first-order chi connectivity index (χ1) is 8.70. The minimum absolute atomic E-state index is 0.235. The summed E-state index contributed by atoms with van der Waals surface area (Å²) in [6.45, 7) is 4.21. The van der Waals surface area contributed by atoms with Crippen LogP contribution in [0.2, 0.25) is 0 Å². The lowest BCUT2D eigenvalue weighted by atomic mass is 10.1. The first kappa shape index (κ1) is 12.4. The summed E-state index contributed by atoms with van der Waals surface area (Å²) < 4.78 is 5.16. The van der Waals surface area contributed by atoms with Gasteiger partial charge in [0.1, 0.15) is 5.75 Å². The van der Waals surface area contributed by atoms with Crippen LogP contribution in [0.3, 0.4) is 0 Å². The molecule has 1 atom stereocenters. The molecule has 0 saturated carbocycles. The average molecular weight is 242 g/mol. The summed E-state index contributed by atoms with van der Waals surface area (Å²) in [5.74, 6) is 0.878. The van der Waals surface area contributed by atoms with Gasteiger partial charge in [0.15, 0.2) is 0 Å². The second kappa shape index (κ2) is 5.54. The summed E-state index contributed by atoms with van der Waals surface area (Å²) in [6.07, 6.45) is 3.66. The van der Waals surface area contributed by atoms with Crippen LogP contribution < -0.4 is 10.1 Å². The smallest absolute Gasteiger partial charge is 0.118 e. The monoisotopic (exact) mass is 242 g/mol. The number of methoxy groups -OCH3 is 1. The van der Waals surface area contributed by atoms with Crippen molar-refractivity contribution >= 4 is 5.69 Å². The molecule has 94 valence electrons. The number of pyridine rings is 1. The predicted octanol–water partition coefficient (Wildman–Crippen LogP) is 3.57. The molecule has 1 aromatic heterocycles. The highest BCUT2D eigenvalue weighted by atomic mass is 16.5. The second-order valence-corrected chi connectivity index (χ2v) is 4.33. The SMILES string of the molecule is COc1ccc(C(C)Nc2cnccc2C)cc1. The van der Waals surface area contributed by atoms with Gasteiger partial charge >= 0.3 is 0 Å². The lowest BCUT2D eigenvalue weighted by Crippen LogP contribution is -2.07. The largest absolute Gasteiger partial charge is 0.497 e. The minimum atomic E-state index is 0.235. The normalized spacial score (nSPS) is 11.9. The fourth-order valence-electron chi connectivity index (χ4n) is 1.82. The highest BCUT2D eigenvalue weighted by Crippen LogP contribution is 2.22. The van der Waals surface area contributed by atoms with Gasteiger partial charge in [-0.1, -0.05) is 12.1 Å². The van der Waals surface area contributed by atoms with E-state index in [0.717, 1.165) is 11.4 Å². The lowest BCUT2D eigenvalue weighted by Gasteiger charge is -2.17. The molecule has 1 unspecified atom stereocenters. The van der Waals surface area contributed by atoms with Crippen LogP contribution in [-0.2, 0) is 0 Å². The summed E-state index contributed by atoms with van der Waals surface area (Å²) in [5, 5.41) is 3.46. The molecule has 2 rings (SSSR count). The van der Waals surface area contributed by atoms with E-state index in [2.05, 4.69) is 36.3 Å². The van der Waals surface area contributed by atoms with E-state index in [-0.39, 0.29) is 6.04 Å². The van der Waals surface area contributed by atoms with Crippen molar-refractivity contribution in [3.8, 4) is 5.75 Å². The Morgan fingerprint density at radius 2 is 1.89 bits per heavy atom. The van der Waals surface area contributed by atoms with Crippen LogP contribution in [0.15, 0.2) is 42.7 Å². The third-order valence-corrected chi connectivity index (χ3v) is 3.03. The van der Waals surface area contributed by atoms with Crippen molar-refractivity contribution in [2.75, 3.05) is 12.4 Å². The van der Waals surface area contributed by atoms with Crippen molar-refractivity contribution in [1.29, 1.82) is 0 Å². The maximum Gasteiger partial charge on any atom is 0.118 e. The summed E-state index contributed by atoms with van der Waals surface area (Å²) in [4.78, 5) is 4.14. The number of hydrogen-bond acceptors (Lipinski definition) is 3. The first-order valence-corrected chi connectivity index (χ1v) is 6.02. The van der Waals surface area contributed by atoms with Gasteiger partial charge < -0.3 is 10.1 Å². The van der Waals surface area contributed by atoms with Crippen LogP contribution in [0.4, 0.5) is 5.69 Å². The number of rotatable bonds is 4. The Kier molecular flexibility index (Phi) is 3.82. The van der Waals surface area contributed by atoms with Crippen molar-refractivity contribution in [2.45, 2.75) is 19.9 Å². The fourth-order valence-corrected chi connectivity index (χ4v) is 1.82. The van der Waals surface area contributed by atoms with E-state index in [4.69, 9.17) is 4.74 Å². The lowest BCUT2D eigenvalue weighted by molar-refractivity contribution is 0.414. The van der Waals surface area contributed by atoms with Crippen molar-refractivity contribution in [3.63, 3.8) is 0 Å². The van der Waals surface area contributed by atoms with Gasteiger partial charge in [0.2, 0.25) is 0 Å². The highest BCUT2D eigenvalue weighted by Gasteiger charge is 2.06. The maximum atomic E-state index is 5.16. The summed E-state index contributed by atoms with van der Waals surface area (Å²) in [5.41, 5.74) is 3.49. The Morgan fingerprint density at radius 3 is 2.50 bits per heavy atom. The van der Waals surface area contributed by atoms with Crippen LogP contribution in [0, 0.1) is 6.92 Å². The molecular formula is C15H18N2O. The number of ether oxygens (including phenoxy) is 1. The average Bonchev–Trinajstić information content (AvgIpc) is 2.41. The number of anilines is 1. The van der Waals surface area contributed by atoms with E-state index in [1.165, 1.54) is 11.1 Å². The second-order valence-electron chi connectivity index (χ2n) is 4.33. The number of aryl methyl sites for hydroxylation is 1. The molecular weight excluding hydrogens is 224 g/mol. The van der Waals surface area contributed by atoms with Crippen LogP contribution >= 0.6 is 0 Å². The van der Waals surface area contributed by atoms with Gasteiger partial charge in [-0.05, 0) is 43.2 Å². The molecule has 0 radical (unpaired) electrons. The Balaban J connectivity index is 2.11. The summed E-state index contributed by atoms with van der Waals surface area (Å²) >= 11 is 0. The fraction of sp³-hybridized carbons (Fsp3) is 0.267. The van der Waals surface area contributed by atoms with E-state index in [1.807, 2.05) is 24.4 Å². The van der Waals surface area contributed by atoms with Gasteiger partial charge in [-0.2, -0.15) is 0 Å². The number of hydrogen-bond donors (Lipinski definition) is 1. The van der Waals surface area contributed by atoms with E-state index >= 15 is 0 Å². The molecule has 0 fully saturated rings. The zero-order chi connectivity index (χ0) is 13.0. The van der Waals surface area contributed by atoms with Crippen LogP contribution in [0.1, 0.15) is 24.1 Å². The molecule has 0 spiro atoms. The number of benzene rings is 1. The molecule has 0 aliphatic carbocycles. The van der Waals surface area contributed by atoms with E-state index in [9.17, 15) is 0 Å². The van der Waals surface area contributed by atoms with Gasteiger partial charge in [0, 0.05) is 12.2 Å². The van der Waals surface area contributed by atoms with E-state index < -0.39 is 0 Å². The molecule has 0 aliphatic heterocycles. The zero-order valence-corrected chi connectivity index (χ0v) is 11.0. The van der Waals surface area contributed by atoms with Gasteiger partial charge in [-0.15, -0.1) is 0 Å². The van der Waals surface area contributed by atoms with Gasteiger partial charge in [-0.3, -0.25) is 4.98 Å². The Labute approximate surface area is 108 Å². The third-order valence-electron chi connectivity index (χ3n) is 3.03. The van der Waals surface area contributed by atoms with Gasteiger partial charge in [0.05, 0.1) is 19.0 Å². The van der Waals surface area contributed by atoms with Crippen molar-refractivity contribution < 1.29 is 4.74 Å². The Morgan fingerprint density at radius 1 is 1.17 bits per heavy atom. The van der Waals surface area contributed by atoms with Crippen LogP contribution in [-0.4, -0.2) is 12.1 Å². The molecule has 1 aromatic carbocycles. The van der Waals surface area contributed by atoms with Crippen molar-refractivity contribution in [3.05, 3.63) is 53.9 Å². The Hall–Kier alpha value is -2.03. The third kappa shape index (κ3) is 2.80. The number of nitrogens with one attached hydrogen (secondary N) is 1. The standard InChI is InChI=1S/C15H18N2O/c1-11-8-9-16-10-15(11)17-12(2)13-4-6-14(18-3)7-5-13/h4-10,12,17H,1-3H3. The quantitative estimate of drug-likeness (QED) is 0.890. The van der Waals surface area contributed by atoms with Crippen molar-refractivity contribution in [2.24, 2.45) is 0 Å². The molecule has 0 bridgehead atoms. The summed E-state index contributed by atoms with van der Waals surface area (Å²) in [7, 11) is 1.68. The number of aromatic nitrogens is 1.